The normalized spacial score (nSPS) is 28.6. The number of nitrogens with one attached hydrogen (secondary N) is 1. The summed E-state index contributed by atoms with van der Waals surface area (Å²) in [7, 11) is 0. The molecule has 2 aliphatic rings. The smallest absolute Gasteiger partial charge is 0.314 e. The van der Waals surface area contributed by atoms with E-state index >= 15 is 0 Å². The molecule has 4 nitrogen and oxygen atoms in total. The Morgan fingerprint density at radius 3 is 2.38 bits per heavy atom. The molecule has 0 aromatic carbocycles. The molecule has 1 aliphatic heterocycles. The SMILES string of the molecule is CC(C)(C)CC1CC(NC2CCCCC2)CN(C(N)=O)C1. The van der Waals surface area contributed by atoms with Gasteiger partial charge in [0.05, 0.1) is 0 Å². The van der Waals surface area contributed by atoms with Crippen LogP contribution in [0.2, 0.25) is 0 Å². The van der Waals surface area contributed by atoms with Crippen molar-refractivity contribution >= 4 is 6.03 Å². The second-order valence-electron chi connectivity index (χ2n) is 8.31. The molecule has 2 unspecified atom stereocenters. The van der Waals surface area contributed by atoms with Crippen LogP contribution in [0.25, 0.3) is 0 Å². The van der Waals surface area contributed by atoms with Crippen molar-refractivity contribution < 1.29 is 4.79 Å². The third-order valence-corrected chi connectivity index (χ3v) is 4.83. The van der Waals surface area contributed by atoms with E-state index < -0.39 is 0 Å². The third-order valence-electron chi connectivity index (χ3n) is 4.83. The maximum Gasteiger partial charge on any atom is 0.314 e. The van der Waals surface area contributed by atoms with E-state index in [9.17, 15) is 4.79 Å². The number of hydrogen-bond donors (Lipinski definition) is 2. The van der Waals surface area contributed by atoms with E-state index in [0.717, 1.165) is 19.5 Å². The van der Waals surface area contributed by atoms with Gasteiger partial charge in [0.1, 0.15) is 0 Å². The standard InChI is InChI=1S/C17H33N3O/c1-17(2,3)10-13-9-15(12-20(11-13)16(18)21)19-14-7-5-4-6-8-14/h13-15,19H,4-12H2,1-3H3,(H2,18,21). The molecule has 2 rings (SSSR count). The van der Waals surface area contributed by atoms with Gasteiger partial charge in [-0.15, -0.1) is 0 Å². The number of likely N-dealkylation sites (tertiary alicyclic amines) is 1. The van der Waals surface area contributed by atoms with E-state index in [1.807, 2.05) is 4.90 Å². The van der Waals surface area contributed by atoms with E-state index in [0.29, 0.717) is 23.4 Å². The van der Waals surface area contributed by atoms with Gasteiger partial charge >= 0.3 is 6.03 Å². The predicted octanol–water partition coefficient (Wildman–Crippen LogP) is 3.11. The molecule has 0 radical (unpaired) electrons. The Hall–Kier alpha value is -0.770. The highest BCUT2D eigenvalue weighted by molar-refractivity contribution is 5.72. The molecule has 1 saturated carbocycles. The van der Waals surface area contributed by atoms with Crippen molar-refractivity contribution in [2.75, 3.05) is 13.1 Å². The number of hydrogen-bond acceptors (Lipinski definition) is 2. The highest BCUT2D eigenvalue weighted by atomic mass is 16.2. The number of amides is 2. The van der Waals surface area contributed by atoms with Crippen LogP contribution in [0.3, 0.4) is 0 Å². The minimum atomic E-state index is -0.260. The molecule has 122 valence electrons. The molecule has 4 heteroatoms. The largest absolute Gasteiger partial charge is 0.351 e. The summed E-state index contributed by atoms with van der Waals surface area (Å²) in [6, 6.07) is 0.803. The van der Waals surface area contributed by atoms with Gasteiger partial charge in [0.25, 0.3) is 0 Å². The minimum absolute atomic E-state index is 0.260. The van der Waals surface area contributed by atoms with Crippen molar-refractivity contribution in [2.24, 2.45) is 17.1 Å². The van der Waals surface area contributed by atoms with Gasteiger partial charge in [-0.2, -0.15) is 0 Å². The fraction of sp³-hybridized carbons (Fsp3) is 0.941. The number of nitrogens with zero attached hydrogens (tertiary/aromatic N) is 1. The molecule has 21 heavy (non-hydrogen) atoms. The number of nitrogens with two attached hydrogens (primary N) is 1. The first-order valence-electron chi connectivity index (χ1n) is 8.64. The van der Waals surface area contributed by atoms with Gasteiger partial charge in [-0.1, -0.05) is 40.0 Å². The molecule has 3 N–H and O–H groups in total. The van der Waals surface area contributed by atoms with Crippen LogP contribution in [0.1, 0.15) is 65.7 Å². The van der Waals surface area contributed by atoms with Crippen LogP contribution in [-0.4, -0.2) is 36.1 Å². The van der Waals surface area contributed by atoms with Crippen LogP contribution in [0, 0.1) is 11.3 Å². The number of rotatable bonds is 3. The zero-order valence-corrected chi connectivity index (χ0v) is 14.0. The zero-order valence-electron chi connectivity index (χ0n) is 14.0. The van der Waals surface area contributed by atoms with Gasteiger partial charge < -0.3 is 16.0 Å². The van der Waals surface area contributed by atoms with E-state index in [2.05, 4.69) is 26.1 Å². The summed E-state index contributed by atoms with van der Waals surface area (Å²) < 4.78 is 0. The van der Waals surface area contributed by atoms with Crippen LogP contribution >= 0.6 is 0 Å². The number of carbonyl (C=O) groups is 1. The van der Waals surface area contributed by atoms with Gasteiger partial charge in [-0.05, 0) is 37.0 Å². The summed E-state index contributed by atoms with van der Waals surface area (Å²) >= 11 is 0. The maximum atomic E-state index is 11.6. The van der Waals surface area contributed by atoms with Crippen molar-refractivity contribution in [1.29, 1.82) is 0 Å². The van der Waals surface area contributed by atoms with Crippen molar-refractivity contribution in [3.05, 3.63) is 0 Å². The number of primary amides is 1. The summed E-state index contributed by atoms with van der Waals surface area (Å²) in [6.07, 6.45) is 8.97. The van der Waals surface area contributed by atoms with E-state index in [-0.39, 0.29) is 6.03 Å². The molecule has 0 aromatic rings. The molecule has 2 atom stereocenters. The fourth-order valence-corrected chi connectivity index (χ4v) is 4.12. The van der Waals surface area contributed by atoms with Crippen molar-refractivity contribution in [1.82, 2.24) is 10.2 Å². The first-order valence-corrected chi connectivity index (χ1v) is 8.64. The lowest BCUT2D eigenvalue weighted by Crippen LogP contribution is -2.55. The van der Waals surface area contributed by atoms with E-state index in [1.54, 1.807) is 0 Å². The molecule has 1 saturated heterocycles. The number of piperidine rings is 1. The first kappa shape index (κ1) is 16.6. The Morgan fingerprint density at radius 1 is 1.14 bits per heavy atom. The zero-order chi connectivity index (χ0) is 15.5. The van der Waals surface area contributed by atoms with Crippen molar-refractivity contribution in [2.45, 2.75) is 77.8 Å². The average molecular weight is 295 g/mol. The fourth-order valence-electron chi connectivity index (χ4n) is 4.12. The third kappa shape index (κ3) is 5.50. The monoisotopic (exact) mass is 295 g/mol. The van der Waals surface area contributed by atoms with E-state index in [1.165, 1.54) is 38.5 Å². The van der Waals surface area contributed by atoms with E-state index in [4.69, 9.17) is 5.73 Å². The second kappa shape index (κ2) is 6.99. The quantitative estimate of drug-likeness (QED) is 0.840. The molecule has 1 aliphatic carbocycles. The topological polar surface area (TPSA) is 58.4 Å². The van der Waals surface area contributed by atoms with Crippen molar-refractivity contribution in [3.8, 4) is 0 Å². The molecular weight excluding hydrogens is 262 g/mol. The van der Waals surface area contributed by atoms with Crippen LogP contribution < -0.4 is 11.1 Å². The number of carbonyl (C=O) groups excluding carboxylic acids is 1. The van der Waals surface area contributed by atoms with Gasteiger partial charge in [0, 0.05) is 25.2 Å². The summed E-state index contributed by atoms with van der Waals surface area (Å²) in [5.41, 5.74) is 5.85. The molecule has 2 amide bonds. The average Bonchev–Trinajstić information content (AvgIpc) is 2.37. The van der Waals surface area contributed by atoms with Crippen LogP contribution in [0.4, 0.5) is 4.79 Å². The lowest BCUT2D eigenvalue weighted by atomic mass is 9.79. The van der Waals surface area contributed by atoms with Crippen LogP contribution in [0.15, 0.2) is 0 Å². The van der Waals surface area contributed by atoms with Gasteiger partial charge in [0.15, 0.2) is 0 Å². The highest BCUT2D eigenvalue weighted by Gasteiger charge is 2.32. The summed E-state index contributed by atoms with van der Waals surface area (Å²) in [4.78, 5) is 13.5. The molecule has 1 heterocycles. The Morgan fingerprint density at radius 2 is 1.81 bits per heavy atom. The first-order chi connectivity index (χ1) is 9.83. The Balaban J connectivity index is 1.93. The highest BCUT2D eigenvalue weighted by Crippen LogP contribution is 2.31. The predicted molar refractivity (Wildman–Crippen MR) is 87.1 cm³/mol. The number of urea groups is 1. The Kier molecular flexibility index (Phi) is 5.53. The second-order valence-corrected chi connectivity index (χ2v) is 8.31. The lowest BCUT2D eigenvalue weighted by molar-refractivity contribution is 0.123. The minimum Gasteiger partial charge on any atom is -0.351 e. The Bertz CT molecular complexity index is 344. The molecule has 0 spiro atoms. The Labute approximate surface area is 129 Å². The van der Waals surface area contributed by atoms with Gasteiger partial charge in [-0.25, -0.2) is 4.79 Å². The molecular formula is C17H33N3O. The van der Waals surface area contributed by atoms with Crippen molar-refractivity contribution in [3.63, 3.8) is 0 Å². The molecule has 0 bridgehead atoms. The molecule has 2 fully saturated rings. The lowest BCUT2D eigenvalue weighted by Gasteiger charge is -2.41. The maximum absolute atomic E-state index is 11.6. The summed E-state index contributed by atoms with van der Waals surface area (Å²) in [6.45, 7) is 8.45. The summed E-state index contributed by atoms with van der Waals surface area (Å²) in [5, 5.41) is 3.81. The summed E-state index contributed by atoms with van der Waals surface area (Å²) in [5.74, 6) is 0.562. The molecule has 0 aromatic heterocycles. The van der Waals surface area contributed by atoms with Crippen LogP contribution in [0.5, 0.6) is 0 Å². The van der Waals surface area contributed by atoms with Gasteiger partial charge in [-0.3, -0.25) is 0 Å². The van der Waals surface area contributed by atoms with Crippen LogP contribution in [-0.2, 0) is 0 Å². The van der Waals surface area contributed by atoms with Gasteiger partial charge in [0.2, 0.25) is 0 Å².